The van der Waals surface area contributed by atoms with E-state index in [0.29, 0.717) is 5.92 Å². The molecule has 4 nitrogen and oxygen atoms in total. The van der Waals surface area contributed by atoms with E-state index < -0.39 is 0 Å². The molecule has 10 rings (SSSR count). The standard InChI is InChI=1S/C45H34N4S/c1-28-13-11-21-36-35-25-24-32(34-20-12-22-37-38-26-23-29-14-9-10-19-33(29)41(38)50-42(34)37)27-39(35)49(40(28)36)45-47-43(30-15-5-3-6-16-30)46-44(48(45)2)31-17-7-4-8-18-31/h3-12,14-28,45H,13H2,1-2H3. The molecule has 2 unspecified atom stereocenters. The Hall–Kier alpha value is -5.78. The van der Waals surface area contributed by atoms with Gasteiger partial charge in [-0.15, -0.1) is 11.3 Å². The highest BCUT2D eigenvalue weighted by molar-refractivity contribution is 7.27. The van der Waals surface area contributed by atoms with Gasteiger partial charge in [0.2, 0.25) is 6.29 Å². The number of amidine groups is 2. The Morgan fingerprint density at radius 1 is 0.660 bits per heavy atom. The lowest BCUT2D eigenvalue weighted by atomic mass is 9.93. The van der Waals surface area contributed by atoms with Crippen LogP contribution in [-0.2, 0) is 0 Å². The van der Waals surface area contributed by atoms with Crippen LogP contribution in [0.15, 0.2) is 150 Å². The van der Waals surface area contributed by atoms with Gasteiger partial charge in [0, 0.05) is 60.9 Å². The number of benzene rings is 6. The molecule has 0 bridgehead atoms. The molecule has 6 aromatic carbocycles. The number of aliphatic imine (C=N–C) groups is 2. The van der Waals surface area contributed by atoms with Gasteiger partial charge >= 0.3 is 0 Å². The molecule has 0 N–H and O–H groups in total. The Kier molecular flexibility index (Phi) is 6.65. The van der Waals surface area contributed by atoms with Crippen LogP contribution >= 0.6 is 11.3 Å². The van der Waals surface area contributed by atoms with Gasteiger partial charge < -0.3 is 9.47 Å². The largest absolute Gasteiger partial charge is 0.320 e. The summed E-state index contributed by atoms with van der Waals surface area (Å²) in [5, 5.41) is 6.50. The first-order chi connectivity index (χ1) is 24.6. The molecule has 3 heterocycles. The average Bonchev–Trinajstić information content (AvgIpc) is 3.72. The molecule has 0 saturated carbocycles. The molecule has 2 aromatic heterocycles. The van der Waals surface area contributed by atoms with Crippen molar-refractivity contribution in [1.29, 1.82) is 0 Å². The monoisotopic (exact) mass is 662 g/mol. The molecule has 2 atom stereocenters. The van der Waals surface area contributed by atoms with Crippen LogP contribution in [-0.4, -0.2) is 28.2 Å². The van der Waals surface area contributed by atoms with Gasteiger partial charge in [-0.05, 0) is 34.4 Å². The zero-order valence-corrected chi connectivity index (χ0v) is 28.7. The Morgan fingerprint density at radius 2 is 1.38 bits per heavy atom. The third-order valence-electron chi connectivity index (χ3n) is 10.4. The molecule has 0 spiro atoms. The van der Waals surface area contributed by atoms with E-state index in [1.54, 1.807) is 0 Å². The van der Waals surface area contributed by atoms with Gasteiger partial charge in [-0.1, -0.05) is 146 Å². The summed E-state index contributed by atoms with van der Waals surface area (Å²) in [5.41, 5.74) is 8.39. The molecule has 5 heteroatoms. The number of rotatable bonds is 4. The maximum Gasteiger partial charge on any atom is 0.206 e. The van der Waals surface area contributed by atoms with E-state index in [2.05, 4.69) is 163 Å². The molecule has 240 valence electrons. The first-order valence-corrected chi connectivity index (χ1v) is 18.1. The van der Waals surface area contributed by atoms with Crippen LogP contribution in [0.3, 0.4) is 0 Å². The summed E-state index contributed by atoms with van der Waals surface area (Å²) in [6.07, 6.45) is 5.33. The number of aromatic nitrogens is 1. The van der Waals surface area contributed by atoms with E-state index in [9.17, 15) is 0 Å². The first-order valence-electron chi connectivity index (χ1n) is 17.3. The lowest BCUT2D eigenvalue weighted by Crippen LogP contribution is -2.39. The Morgan fingerprint density at radius 3 is 2.22 bits per heavy atom. The van der Waals surface area contributed by atoms with Crippen molar-refractivity contribution in [2.45, 2.75) is 25.6 Å². The summed E-state index contributed by atoms with van der Waals surface area (Å²) in [6.45, 7) is 2.34. The number of thiophene rings is 1. The molecule has 0 saturated heterocycles. The number of hydrogen-bond acceptors (Lipinski definition) is 4. The van der Waals surface area contributed by atoms with Crippen LogP contribution in [0.25, 0.3) is 59.1 Å². The third-order valence-corrected chi connectivity index (χ3v) is 11.7. The van der Waals surface area contributed by atoms with Crippen LogP contribution < -0.4 is 0 Å². The predicted octanol–water partition coefficient (Wildman–Crippen LogP) is 11.6. The molecule has 1 aliphatic heterocycles. The van der Waals surface area contributed by atoms with Crippen LogP contribution in [0.1, 0.15) is 47.9 Å². The van der Waals surface area contributed by atoms with Gasteiger partial charge in [-0.2, -0.15) is 0 Å². The summed E-state index contributed by atoms with van der Waals surface area (Å²) >= 11 is 1.91. The van der Waals surface area contributed by atoms with Crippen molar-refractivity contribution in [3.63, 3.8) is 0 Å². The van der Waals surface area contributed by atoms with Crippen molar-refractivity contribution < 1.29 is 0 Å². The highest BCUT2D eigenvalue weighted by atomic mass is 32.1. The summed E-state index contributed by atoms with van der Waals surface area (Å²) in [5.74, 6) is 2.01. The van der Waals surface area contributed by atoms with Crippen molar-refractivity contribution in [3.05, 3.63) is 162 Å². The highest BCUT2D eigenvalue weighted by Crippen LogP contribution is 2.45. The van der Waals surface area contributed by atoms with E-state index in [0.717, 1.165) is 29.2 Å². The summed E-state index contributed by atoms with van der Waals surface area (Å²) in [7, 11) is 2.13. The molecular weight excluding hydrogens is 629 g/mol. The fourth-order valence-electron chi connectivity index (χ4n) is 8.03. The smallest absolute Gasteiger partial charge is 0.206 e. The maximum absolute atomic E-state index is 5.45. The number of allylic oxidation sites excluding steroid dienone is 1. The quantitative estimate of drug-likeness (QED) is 0.185. The molecule has 0 fully saturated rings. The zero-order valence-electron chi connectivity index (χ0n) is 27.9. The summed E-state index contributed by atoms with van der Waals surface area (Å²) in [6, 6.07) is 48.0. The second-order valence-electron chi connectivity index (χ2n) is 13.5. The number of nitrogens with zero attached hydrogens (tertiary/aromatic N) is 4. The van der Waals surface area contributed by atoms with Crippen molar-refractivity contribution >= 4 is 70.9 Å². The molecule has 2 aliphatic rings. The van der Waals surface area contributed by atoms with E-state index in [1.165, 1.54) is 64.2 Å². The molecular formula is C45H34N4S. The Bertz CT molecular complexity index is 2710. The fraction of sp³-hybridized carbons (Fsp3) is 0.111. The van der Waals surface area contributed by atoms with Crippen LogP contribution in [0, 0.1) is 0 Å². The SMILES string of the molecule is CC1CC=Cc2c1n(C1N=C(c3ccccc3)N=C(c3ccccc3)N1C)c1cc(-c3cccc4c3sc3c5ccccc5ccc43)ccc21. The minimum Gasteiger partial charge on any atom is -0.320 e. The molecule has 8 aromatic rings. The molecule has 50 heavy (non-hydrogen) atoms. The van der Waals surface area contributed by atoms with Crippen molar-refractivity contribution in [1.82, 2.24) is 9.47 Å². The Balaban J connectivity index is 1.21. The van der Waals surface area contributed by atoms with E-state index in [1.807, 2.05) is 17.4 Å². The van der Waals surface area contributed by atoms with Crippen LogP contribution in [0.5, 0.6) is 0 Å². The number of fused-ring (bicyclic) bond motifs is 8. The normalized spacial score (nSPS) is 17.4. The van der Waals surface area contributed by atoms with E-state index in [-0.39, 0.29) is 6.29 Å². The number of hydrogen-bond donors (Lipinski definition) is 0. The predicted molar refractivity (Wildman–Crippen MR) is 213 cm³/mol. The first kappa shape index (κ1) is 29.2. The lowest BCUT2D eigenvalue weighted by Gasteiger charge is -2.35. The van der Waals surface area contributed by atoms with Crippen molar-refractivity contribution in [2.75, 3.05) is 7.05 Å². The third kappa shape index (κ3) is 4.43. The van der Waals surface area contributed by atoms with Gasteiger partial charge in [0.25, 0.3) is 0 Å². The molecule has 0 radical (unpaired) electrons. The minimum absolute atomic E-state index is 0.320. The van der Waals surface area contributed by atoms with Gasteiger partial charge in [0.15, 0.2) is 5.84 Å². The topological polar surface area (TPSA) is 32.9 Å². The van der Waals surface area contributed by atoms with Crippen molar-refractivity contribution in [3.8, 4) is 11.1 Å². The molecule has 0 amide bonds. The minimum atomic E-state index is -0.320. The maximum atomic E-state index is 5.45. The zero-order chi connectivity index (χ0) is 33.3. The van der Waals surface area contributed by atoms with Crippen molar-refractivity contribution in [2.24, 2.45) is 9.98 Å². The second-order valence-corrected chi connectivity index (χ2v) is 14.5. The van der Waals surface area contributed by atoms with Gasteiger partial charge in [0.1, 0.15) is 5.84 Å². The van der Waals surface area contributed by atoms with Gasteiger partial charge in [-0.3, -0.25) is 0 Å². The lowest BCUT2D eigenvalue weighted by molar-refractivity contribution is 0.282. The van der Waals surface area contributed by atoms with E-state index >= 15 is 0 Å². The average molecular weight is 663 g/mol. The summed E-state index contributed by atoms with van der Waals surface area (Å²) in [4.78, 5) is 12.9. The van der Waals surface area contributed by atoms with E-state index in [4.69, 9.17) is 9.98 Å². The van der Waals surface area contributed by atoms with Gasteiger partial charge in [0.05, 0.1) is 5.52 Å². The van der Waals surface area contributed by atoms with Crippen LogP contribution in [0.4, 0.5) is 0 Å². The highest BCUT2D eigenvalue weighted by Gasteiger charge is 2.33. The summed E-state index contributed by atoms with van der Waals surface area (Å²) < 4.78 is 5.18. The fourth-order valence-corrected chi connectivity index (χ4v) is 9.40. The van der Waals surface area contributed by atoms with Crippen LogP contribution in [0.2, 0.25) is 0 Å². The molecule has 1 aliphatic carbocycles. The second kappa shape index (κ2) is 11.4. The van der Waals surface area contributed by atoms with Gasteiger partial charge in [-0.25, -0.2) is 9.98 Å². The Labute approximate surface area is 295 Å².